The lowest BCUT2D eigenvalue weighted by Gasteiger charge is -2.33. The molecule has 78 valence electrons. The van der Waals surface area contributed by atoms with Crippen molar-refractivity contribution in [2.75, 3.05) is 26.2 Å². The van der Waals surface area contributed by atoms with Gasteiger partial charge < -0.3 is 15.7 Å². The maximum Gasteiger partial charge on any atom is 0.0595 e. The second kappa shape index (κ2) is 5.58. The molecule has 0 amide bonds. The van der Waals surface area contributed by atoms with Crippen molar-refractivity contribution < 1.29 is 5.11 Å². The third kappa shape index (κ3) is 3.63. The summed E-state index contributed by atoms with van der Waals surface area (Å²) in [5.41, 5.74) is 5.70. The Bertz CT molecular complexity index is 139. The van der Waals surface area contributed by atoms with E-state index in [1.54, 1.807) is 0 Å². The Labute approximate surface area is 80.9 Å². The molecule has 1 rings (SSSR count). The number of rotatable bonds is 4. The van der Waals surface area contributed by atoms with Gasteiger partial charge in [0.15, 0.2) is 0 Å². The van der Waals surface area contributed by atoms with Crippen molar-refractivity contribution in [3.63, 3.8) is 0 Å². The summed E-state index contributed by atoms with van der Waals surface area (Å²) < 4.78 is 0. The van der Waals surface area contributed by atoms with Gasteiger partial charge in [0.2, 0.25) is 0 Å². The third-order valence-corrected chi connectivity index (χ3v) is 2.91. The Kier molecular flexibility index (Phi) is 4.70. The highest BCUT2D eigenvalue weighted by Crippen LogP contribution is 2.18. The van der Waals surface area contributed by atoms with Crippen LogP contribution in [0.4, 0.5) is 0 Å². The predicted molar refractivity (Wildman–Crippen MR) is 54.5 cm³/mol. The summed E-state index contributed by atoms with van der Waals surface area (Å²) in [4.78, 5) is 2.39. The first-order valence-electron chi connectivity index (χ1n) is 5.35. The van der Waals surface area contributed by atoms with Crippen LogP contribution in [-0.2, 0) is 0 Å². The van der Waals surface area contributed by atoms with Crippen molar-refractivity contribution in [3.05, 3.63) is 0 Å². The molecule has 0 saturated carbocycles. The monoisotopic (exact) mass is 186 g/mol. The van der Waals surface area contributed by atoms with Crippen molar-refractivity contribution in [1.29, 1.82) is 0 Å². The maximum absolute atomic E-state index is 8.84. The molecule has 1 saturated heterocycles. The zero-order chi connectivity index (χ0) is 9.68. The van der Waals surface area contributed by atoms with Crippen molar-refractivity contribution >= 4 is 0 Å². The number of nitrogens with two attached hydrogens (primary N) is 1. The summed E-state index contributed by atoms with van der Waals surface area (Å²) in [6, 6.07) is -0.0596. The minimum atomic E-state index is -0.0596. The lowest BCUT2D eigenvalue weighted by molar-refractivity contribution is 0.144. The SMILES string of the molecule is CCC1CCCN(CC(N)CO)C1. The molecular weight excluding hydrogens is 164 g/mol. The average molecular weight is 186 g/mol. The van der Waals surface area contributed by atoms with E-state index in [4.69, 9.17) is 10.8 Å². The van der Waals surface area contributed by atoms with Crippen LogP contribution in [0.15, 0.2) is 0 Å². The van der Waals surface area contributed by atoms with Gasteiger partial charge >= 0.3 is 0 Å². The van der Waals surface area contributed by atoms with E-state index in [-0.39, 0.29) is 12.6 Å². The molecule has 13 heavy (non-hydrogen) atoms. The Morgan fingerprint density at radius 1 is 1.62 bits per heavy atom. The highest BCUT2D eigenvalue weighted by Gasteiger charge is 2.19. The second-order valence-electron chi connectivity index (χ2n) is 4.12. The zero-order valence-electron chi connectivity index (χ0n) is 8.58. The molecule has 2 unspecified atom stereocenters. The van der Waals surface area contributed by atoms with Crippen LogP contribution < -0.4 is 5.73 Å². The predicted octanol–water partition coefficient (Wildman–Crippen LogP) is 0.428. The highest BCUT2D eigenvalue weighted by molar-refractivity contribution is 4.75. The van der Waals surface area contributed by atoms with E-state index in [1.807, 2.05) is 0 Å². The Balaban J connectivity index is 2.25. The molecule has 3 nitrogen and oxygen atoms in total. The minimum absolute atomic E-state index is 0.0596. The van der Waals surface area contributed by atoms with Crippen LogP contribution in [0.2, 0.25) is 0 Å². The summed E-state index contributed by atoms with van der Waals surface area (Å²) in [6.45, 7) is 5.54. The van der Waals surface area contributed by atoms with Gasteiger partial charge in [0.1, 0.15) is 0 Å². The second-order valence-corrected chi connectivity index (χ2v) is 4.12. The standard InChI is InChI=1S/C10H22N2O/c1-2-9-4-3-5-12(6-9)7-10(11)8-13/h9-10,13H,2-8,11H2,1H3. The molecule has 1 fully saturated rings. The fourth-order valence-corrected chi connectivity index (χ4v) is 2.04. The van der Waals surface area contributed by atoms with Crippen LogP contribution in [0, 0.1) is 5.92 Å². The van der Waals surface area contributed by atoms with E-state index < -0.39 is 0 Å². The average Bonchev–Trinajstić information content (AvgIpc) is 2.18. The van der Waals surface area contributed by atoms with Crippen molar-refractivity contribution in [2.24, 2.45) is 11.7 Å². The van der Waals surface area contributed by atoms with E-state index in [9.17, 15) is 0 Å². The molecule has 1 aliphatic rings. The van der Waals surface area contributed by atoms with Crippen LogP contribution in [-0.4, -0.2) is 42.3 Å². The normalized spacial score (nSPS) is 27.5. The van der Waals surface area contributed by atoms with E-state index >= 15 is 0 Å². The lowest BCUT2D eigenvalue weighted by Crippen LogP contribution is -2.44. The third-order valence-electron chi connectivity index (χ3n) is 2.91. The molecular formula is C10H22N2O. The Hall–Kier alpha value is -0.120. The quantitative estimate of drug-likeness (QED) is 0.669. The Morgan fingerprint density at radius 3 is 3.00 bits per heavy atom. The van der Waals surface area contributed by atoms with Gasteiger partial charge in [-0.25, -0.2) is 0 Å². The van der Waals surface area contributed by atoms with Crippen LogP contribution in [0.3, 0.4) is 0 Å². The topological polar surface area (TPSA) is 49.5 Å². The molecule has 1 aliphatic heterocycles. The lowest BCUT2D eigenvalue weighted by atomic mass is 9.95. The highest BCUT2D eigenvalue weighted by atomic mass is 16.3. The fourth-order valence-electron chi connectivity index (χ4n) is 2.04. The maximum atomic E-state index is 8.84. The number of hydrogen-bond donors (Lipinski definition) is 2. The van der Waals surface area contributed by atoms with E-state index in [2.05, 4.69) is 11.8 Å². The number of piperidine rings is 1. The van der Waals surface area contributed by atoms with Gasteiger partial charge in [0.25, 0.3) is 0 Å². The van der Waals surface area contributed by atoms with Gasteiger partial charge in [-0.3, -0.25) is 0 Å². The van der Waals surface area contributed by atoms with Crippen LogP contribution in [0.1, 0.15) is 26.2 Å². The number of hydrogen-bond acceptors (Lipinski definition) is 3. The van der Waals surface area contributed by atoms with Crippen LogP contribution >= 0.6 is 0 Å². The summed E-state index contributed by atoms with van der Waals surface area (Å²) in [5.74, 6) is 0.847. The van der Waals surface area contributed by atoms with Gasteiger partial charge in [0, 0.05) is 19.1 Å². The summed E-state index contributed by atoms with van der Waals surface area (Å²) >= 11 is 0. The zero-order valence-corrected chi connectivity index (χ0v) is 8.58. The summed E-state index contributed by atoms with van der Waals surface area (Å²) in [5, 5.41) is 8.84. The van der Waals surface area contributed by atoms with Crippen molar-refractivity contribution in [3.8, 4) is 0 Å². The molecule has 0 bridgehead atoms. The number of aliphatic hydroxyl groups excluding tert-OH is 1. The largest absolute Gasteiger partial charge is 0.395 e. The summed E-state index contributed by atoms with van der Waals surface area (Å²) in [6.07, 6.45) is 3.92. The van der Waals surface area contributed by atoms with Crippen LogP contribution in [0.25, 0.3) is 0 Å². The molecule has 0 aromatic heterocycles. The first-order valence-corrected chi connectivity index (χ1v) is 5.35. The van der Waals surface area contributed by atoms with Gasteiger partial charge in [-0.15, -0.1) is 0 Å². The molecule has 3 heteroatoms. The minimum Gasteiger partial charge on any atom is -0.395 e. The molecule has 0 aliphatic carbocycles. The molecule has 2 atom stereocenters. The van der Waals surface area contributed by atoms with Crippen molar-refractivity contribution in [1.82, 2.24) is 4.90 Å². The molecule has 0 aromatic carbocycles. The number of nitrogens with zero attached hydrogens (tertiary/aromatic N) is 1. The number of aliphatic hydroxyl groups is 1. The van der Waals surface area contributed by atoms with Gasteiger partial charge in [-0.1, -0.05) is 13.3 Å². The smallest absolute Gasteiger partial charge is 0.0595 e. The van der Waals surface area contributed by atoms with Crippen LogP contribution in [0.5, 0.6) is 0 Å². The first kappa shape index (κ1) is 11.0. The van der Waals surface area contributed by atoms with E-state index in [0.717, 1.165) is 19.0 Å². The van der Waals surface area contributed by atoms with E-state index in [1.165, 1.54) is 25.8 Å². The first-order chi connectivity index (χ1) is 6.26. The fraction of sp³-hybridized carbons (Fsp3) is 1.00. The molecule has 1 heterocycles. The van der Waals surface area contributed by atoms with E-state index in [0.29, 0.717) is 0 Å². The van der Waals surface area contributed by atoms with Gasteiger partial charge in [-0.2, -0.15) is 0 Å². The molecule has 0 radical (unpaired) electrons. The van der Waals surface area contributed by atoms with Gasteiger partial charge in [0.05, 0.1) is 6.61 Å². The molecule has 0 spiro atoms. The Morgan fingerprint density at radius 2 is 2.38 bits per heavy atom. The van der Waals surface area contributed by atoms with Gasteiger partial charge in [-0.05, 0) is 25.3 Å². The summed E-state index contributed by atoms with van der Waals surface area (Å²) in [7, 11) is 0. The number of likely N-dealkylation sites (tertiary alicyclic amines) is 1. The molecule has 0 aromatic rings. The van der Waals surface area contributed by atoms with Crippen molar-refractivity contribution in [2.45, 2.75) is 32.2 Å². The molecule has 3 N–H and O–H groups in total.